The van der Waals surface area contributed by atoms with Crippen LogP contribution in [0.1, 0.15) is 12.0 Å². The summed E-state index contributed by atoms with van der Waals surface area (Å²) in [6.45, 7) is 3.97. The van der Waals surface area contributed by atoms with Crippen molar-refractivity contribution in [2.24, 2.45) is 11.7 Å². The van der Waals surface area contributed by atoms with Gasteiger partial charge in [-0.1, -0.05) is 30.3 Å². The number of rotatable bonds is 4. The smallest absolute Gasteiger partial charge is 0.123 e. The lowest BCUT2D eigenvalue weighted by Crippen LogP contribution is -2.23. The molecule has 1 unspecified atom stereocenters. The Labute approximate surface area is 120 Å². The zero-order valence-corrected chi connectivity index (χ0v) is 12.0. The minimum Gasteiger partial charge on any atom is -0.496 e. The minimum atomic E-state index is 0.649. The summed E-state index contributed by atoms with van der Waals surface area (Å²) in [6, 6.07) is 12.7. The van der Waals surface area contributed by atoms with E-state index < -0.39 is 0 Å². The molecule has 0 bridgehead atoms. The van der Waals surface area contributed by atoms with Crippen molar-refractivity contribution in [1.82, 2.24) is 4.90 Å². The summed E-state index contributed by atoms with van der Waals surface area (Å²) >= 11 is 0. The molecule has 2 N–H and O–H groups in total. The van der Waals surface area contributed by atoms with Gasteiger partial charge in [0.05, 0.1) is 7.11 Å². The number of fused-ring (bicyclic) bond motifs is 1. The predicted molar refractivity (Wildman–Crippen MR) is 82.9 cm³/mol. The van der Waals surface area contributed by atoms with Crippen molar-refractivity contribution in [2.75, 3.05) is 26.7 Å². The lowest BCUT2D eigenvalue weighted by atomic mass is 10.0. The Morgan fingerprint density at radius 1 is 1.25 bits per heavy atom. The summed E-state index contributed by atoms with van der Waals surface area (Å²) < 4.78 is 5.57. The predicted octanol–water partition coefficient (Wildman–Crippen LogP) is 2.63. The summed E-state index contributed by atoms with van der Waals surface area (Å²) in [5.74, 6) is 1.64. The third kappa shape index (κ3) is 2.51. The molecule has 1 atom stereocenters. The Balaban J connectivity index is 1.93. The monoisotopic (exact) mass is 270 g/mol. The average Bonchev–Trinajstić information content (AvgIpc) is 2.95. The highest BCUT2D eigenvalue weighted by molar-refractivity contribution is 5.87. The van der Waals surface area contributed by atoms with Gasteiger partial charge in [0.25, 0.3) is 0 Å². The molecule has 3 nitrogen and oxygen atoms in total. The molecular formula is C17H22N2O. The van der Waals surface area contributed by atoms with Crippen LogP contribution in [0.25, 0.3) is 10.8 Å². The molecule has 1 aliphatic heterocycles. The fourth-order valence-corrected chi connectivity index (χ4v) is 3.14. The van der Waals surface area contributed by atoms with Crippen LogP contribution >= 0.6 is 0 Å². The van der Waals surface area contributed by atoms with Gasteiger partial charge in [-0.3, -0.25) is 4.90 Å². The maximum absolute atomic E-state index is 5.78. The molecule has 0 aliphatic carbocycles. The number of ether oxygens (including phenoxy) is 1. The van der Waals surface area contributed by atoms with E-state index in [0.717, 1.165) is 31.9 Å². The number of hydrogen-bond donors (Lipinski definition) is 1. The van der Waals surface area contributed by atoms with Crippen LogP contribution in [0, 0.1) is 5.92 Å². The number of likely N-dealkylation sites (tertiary alicyclic amines) is 1. The molecule has 0 aromatic heterocycles. The number of hydrogen-bond acceptors (Lipinski definition) is 3. The molecule has 20 heavy (non-hydrogen) atoms. The number of benzene rings is 2. The van der Waals surface area contributed by atoms with Crippen LogP contribution < -0.4 is 10.5 Å². The van der Waals surface area contributed by atoms with Crippen molar-refractivity contribution in [3.05, 3.63) is 42.0 Å². The zero-order chi connectivity index (χ0) is 13.9. The Morgan fingerprint density at radius 3 is 2.85 bits per heavy atom. The second-order valence-electron chi connectivity index (χ2n) is 5.59. The van der Waals surface area contributed by atoms with Gasteiger partial charge in [-0.05, 0) is 42.3 Å². The molecule has 1 aliphatic rings. The highest BCUT2D eigenvalue weighted by atomic mass is 16.5. The zero-order valence-electron chi connectivity index (χ0n) is 12.0. The van der Waals surface area contributed by atoms with Gasteiger partial charge in [0, 0.05) is 18.7 Å². The first-order valence-electron chi connectivity index (χ1n) is 7.29. The minimum absolute atomic E-state index is 0.649. The third-order valence-corrected chi connectivity index (χ3v) is 4.30. The highest BCUT2D eigenvalue weighted by Crippen LogP contribution is 2.30. The lowest BCUT2D eigenvalue weighted by Gasteiger charge is -2.19. The van der Waals surface area contributed by atoms with E-state index in [-0.39, 0.29) is 0 Å². The van der Waals surface area contributed by atoms with E-state index in [1.807, 2.05) is 0 Å². The van der Waals surface area contributed by atoms with E-state index in [4.69, 9.17) is 10.5 Å². The molecule has 0 spiro atoms. The van der Waals surface area contributed by atoms with Crippen LogP contribution in [0.2, 0.25) is 0 Å². The molecule has 106 valence electrons. The second kappa shape index (κ2) is 5.81. The van der Waals surface area contributed by atoms with Crippen molar-refractivity contribution in [3.8, 4) is 5.75 Å². The fourth-order valence-electron chi connectivity index (χ4n) is 3.14. The lowest BCUT2D eigenvalue weighted by molar-refractivity contribution is 0.311. The molecule has 1 saturated heterocycles. The first-order chi connectivity index (χ1) is 9.81. The van der Waals surface area contributed by atoms with E-state index in [1.54, 1.807) is 7.11 Å². The molecular weight excluding hydrogens is 248 g/mol. The Kier molecular flexibility index (Phi) is 3.90. The summed E-state index contributed by atoms with van der Waals surface area (Å²) in [4.78, 5) is 2.49. The second-order valence-corrected chi connectivity index (χ2v) is 5.59. The van der Waals surface area contributed by atoms with Crippen molar-refractivity contribution in [3.63, 3.8) is 0 Å². The molecule has 3 heteroatoms. The number of methoxy groups -OCH3 is 1. The molecule has 2 aromatic carbocycles. The normalized spacial score (nSPS) is 19.6. The first-order valence-corrected chi connectivity index (χ1v) is 7.29. The van der Waals surface area contributed by atoms with Crippen LogP contribution in [0.3, 0.4) is 0 Å². The van der Waals surface area contributed by atoms with Crippen LogP contribution in [0.15, 0.2) is 36.4 Å². The summed E-state index contributed by atoms with van der Waals surface area (Å²) in [5, 5.41) is 2.57. The van der Waals surface area contributed by atoms with Crippen molar-refractivity contribution < 1.29 is 4.74 Å². The van der Waals surface area contributed by atoms with Crippen LogP contribution in [-0.2, 0) is 6.54 Å². The largest absolute Gasteiger partial charge is 0.496 e. The molecule has 0 amide bonds. The number of nitrogens with zero attached hydrogens (tertiary/aromatic N) is 1. The average molecular weight is 270 g/mol. The van der Waals surface area contributed by atoms with Crippen LogP contribution in [0.4, 0.5) is 0 Å². The van der Waals surface area contributed by atoms with Gasteiger partial charge >= 0.3 is 0 Å². The molecule has 2 aromatic rings. The third-order valence-electron chi connectivity index (χ3n) is 4.30. The Hall–Kier alpha value is -1.58. The van der Waals surface area contributed by atoms with Gasteiger partial charge in [0.1, 0.15) is 5.75 Å². The molecule has 0 radical (unpaired) electrons. The van der Waals surface area contributed by atoms with Gasteiger partial charge in [-0.15, -0.1) is 0 Å². The van der Waals surface area contributed by atoms with Gasteiger partial charge in [-0.25, -0.2) is 0 Å². The summed E-state index contributed by atoms with van der Waals surface area (Å²) in [6.07, 6.45) is 1.21. The van der Waals surface area contributed by atoms with Crippen LogP contribution in [0.5, 0.6) is 5.75 Å². The maximum atomic E-state index is 5.78. The standard InChI is InChI=1S/C17H22N2O/c1-20-17-7-6-14-4-2-3-5-15(14)16(17)12-19-9-8-13(10-18)11-19/h2-7,13H,8-12,18H2,1H3. The van der Waals surface area contributed by atoms with E-state index in [9.17, 15) is 0 Å². The van der Waals surface area contributed by atoms with E-state index in [1.165, 1.54) is 22.8 Å². The van der Waals surface area contributed by atoms with Crippen molar-refractivity contribution in [2.45, 2.75) is 13.0 Å². The van der Waals surface area contributed by atoms with Gasteiger partial charge < -0.3 is 10.5 Å². The highest BCUT2D eigenvalue weighted by Gasteiger charge is 2.22. The van der Waals surface area contributed by atoms with Gasteiger partial charge in [-0.2, -0.15) is 0 Å². The molecule has 1 heterocycles. The quantitative estimate of drug-likeness (QED) is 0.928. The van der Waals surface area contributed by atoms with Crippen molar-refractivity contribution >= 4 is 10.8 Å². The van der Waals surface area contributed by atoms with Crippen LogP contribution in [-0.4, -0.2) is 31.6 Å². The number of nitrogens with two attached hydrogens (primary N) is 1. The van der Waals surface area contributed by atoms with Gasteiger partial charge in [0.15, 0.2) is 0 Å². The Bertz CT molecular complexity index is 597. The van der Waals surface area contributed by atoms with E-state index >= 15 is 0 Å². The molecule has 1 fully saturated rings. The summed E-state index contributed by atoms with van der Waals surface area (Å²) in [7, 11) is 1.75. The molecule has 3 rings (SSSR count). The Morgan fingerprint density at radius 2 is 2.10 bits per heavy atom. The van der Waals surface area contributed by atoms with E-state index in [0.29, 0.717) is 5.92 Å². The maximum Gasteiger partial charge on any atom is 0.123 e. The van der Waals surface area contributed by atoms with Gasteiger partial charge in [0.2, 0.25) is 0 Å². The molecule has 0 saturated carbocycles. The first kappa shape index (κ1) is 13.4. The summed E-state index contributed by atoms with van der Waals surface area (Å²) in [5.41, 5.74) is 7.08. The van der Waals surface area contributed by atoms with E-state index in [2.05, 4.69) is 41.3 Å². The fraction of sp³-hybridized carbons (Fsp3) is 0.412. The SMILES string of the molecule is COc1ccc2ccccc2c1CN1CCC(CN)C1. The van der Waals surface area contributed by atoms with Crippen molar-refractivity contribution in [1.29, 1.82) is 0 Å². The topological polar surface area (TPSA) is 38.5 Å².